The summed E-state index contributed by atoms with van der Waals surface area (Å²) < 4.78 is 0. The van der Waals surface area contributed by atoms with Crippen LogP contribution in [-0.4, -0.2) is 6.04 Å². The third-order valence-electron chi connectivity index (χ3n) is 7.16. The van der Waals surface area contributed by atoms with Crippen LogP contribution in [0.25, 0.3) is 22.3 Å². The van der Waals surface area contributed by atoms with Crippen molar-refractivity contribution in [3.05, 3.63) is 108 Å². The lowest BCUT2D eigenvalue weighted by Gasteiger charge is -2.37. The summed E-state index contributed by atoms with van der Waals surface area (Å²) in [6, 6.07) is 33.6. The average Bonchev–Trinajstić information content (AvgIpc) is 3.07. The fourth-order valence-electron chi connectivity index (χ4n) is 5.65. The van der Waals surface area contributed by atoms with Crippen LogP contribution in [0, 0.1) is 0 Å². The van der Waals surface area contributed by atoms with Crippen molar-refractivity contribution in [2.45, 2.75) is 52.5 Å². The first-order valence-electron chi connectivity index (χ1n) is 12.1. The van der Waals surface area contributed by atoms with Crippen LogP contribution < -0.4 is 4.90 Å². The molecule has 0 radical (unpaired) electrons. The summed E-state index contributed by atoms with van der Waals surface area (Å²) in [5.74, 6) is 0. The molecule has 0 heterocycles. The van der Waals surface area contributed by atoms with E-state index < -0.39 is 0 Å². The molecule has 0 bridgehead atoms. The maximum absolute atomic E-state index is 2.59. The van der Waals surface area contributed by atoms with Gasteiger partial charge in [0.2, 0.25) is 0 Å². The SMILES string of the molecule is CCc1ccc2c(c1N(c1ccccc1-c1ccccc1)C(C)C)C(C)(C)c1ccccc1-2. The molecular formula is C32H33N. The Labute approximate surface area is 198 Å². The smallest absolute Gasteiger partial charge is 0.0493 e. The molecule has 0 N–H and O–H groups in total. The summed E-state index contributed by atoms with van der Waals surface area (Å²) in [5.41, 5.74) is 12.2. The van der Waals surface area contributed by atoms with Gasteiger partial charge in [0.25, 0.3) is 0 Å². The lowest BCUT2D eigenvalue weighted by molar-refractivity contribution is 0.652. The van der Waals surface area contributed by atoms with E-state index in [-0.39, 0.29) is 5.41 Å². The predicted molar refractivity (Wildman–Crippen MR) is 143 cm³/mol. The number of anilines is 2. The first kappa shape index (κ1) is 21.5. The van der Waals surface area contributed by atoms with Crippen LogP contribution in [0.15, 0.2) is 91.0 Å². The predicted octanol–water partition coefficient (Wildman–Crippen LogP) is 8.77. The highest BCUT2D eigenvalue weighted by molar-refractivity contribution is 5.91. The number of fused-ring (bicyclic) bond motifs is 3. The largest absolute Gasteiger partial charge is 0.338 e. The monoisotopic (exact) mass is 431 g/mol. The Kier molecular flexibility index (Phi) is 5.37. The molecule has 1 heteroatoms. The molecule has 0 saturated carbocycles. The molecule has 0 unspecified atom stereocenters. The van der Waals surface area contributed by atoms with Gasteiger partial charge in [0, 0.05) is 28.4 Å². The number of hydrogen-bond donors (Lipinski definition) is 0. The fourth-order valence-corrected chi connectivity index (χ4v) is 5.65. The molecule has 0 atom stereocenters. The number of para-hydroxylation sites is 1. The number of nitrogens with zero attached hydrogens (tertiary/aromatic N) is 1. The van der Waals surface area contributed by atoms with Crippen molar-refractivity contribution >= 4 is 11.4 Å². The topological polar surface area (TPSA) is 3.24 Å². The summed E-state index contributed by atoms with van der Waals surface area (Å²) in [5, 5.41) is 0. The van der Waals surface area contributed by atoms with Gasteiger partial charge in [-0.15, -0.1) is 0 Å². The van der Waals surface area contributed by atoms with Crippen LogP contribution in [-0.2, 0) is 11.8 Å². The molecule has 0 fully saturated rings. The van der Waals surface area contributed by atoms with E-state index in [0.717, 1.165) is 6.42 Å². The van der Waals surface area contributed by atoms with Gasteiger partial charge < -0.3 is 4.90 Å². The lowest BCUT2D eigenvalue weighted by Crippen LogP contribution is -2.30. The van der Waals surface area contributed by atoms with Crippen LogP contribution in [0.1, 0.15) is 51.3 Å². The zero-order chi connectivity index (χ0) is 23.2. The Morgan fingerprint density at radius 1 is 0.697 bits per heavy atom. The zero-order valence-corrected chi connectivity index (χ0v) is 20.4. The van der Waals surface area contributed by atoms with Crippen molar-refractivity contribution in [3.63, 3.8) is 0 Å². The molecule has 1 aliphatic rings. The van der Waals surface area contributed by atoms with Crippen molar-refractivity contribution in [3.8, 4) is 22.3 Å². The van der Waals surface area contributed by atoms with Gasteiger partial charge in [-0.25, -0.2) is 0 Å². The average molecular weight is 432 g/mol. The minimum Gasteiger partial charge on any atom is -0.338 e. The number of hydrogen-bond acceptors (Lipinski definition) is 1. The minimum atomic E-state index is -0.0543. The van der Waals surface area contributed by atoms with Gasteiger partial charge >= 0.3 is 0 Å². The van der Waals surface area contributed by atoms with E-state index in [0.29, 0.717) is 6.04 Å². The first-order chi connectivity index (χ1) is 15.9. The van der Waals surface area contributed by atoms with Crippen LogP contribution in [0.5, 0.6) is 0 Å². The Balaban J connectivity index is 1.82. The molecule has 0 amide bonds. The maximum Gasteiger partial charge on any atom is 0.0493 e. The van der Waals surface area contributed by atoms with E-state index in [1.807, 2.05) is 0 Å². The molecular weight excluding hydrogens is 398 g/mol. The van der Waals surface area contributed by atoms with E-state index >= 15 is 0 Å². The van der Waals surface area contributed by atoms with Crippen LogP contribution in [0.4, 0.5) is 11.4 Å². The molecule has 4 aromatic carbocycles. The minimum absolute atomic E-state index is 0.0543. The molecule has 4 aromatic rings. The highest BCUT2D eigenvalue weighted by Gasteiger charge is 2.40. The summed E-state index contributed by atoms with van der Waals surface area (Å²) in [6.07, 6.45) is 1.01. The molecule has 0 spiro atoms. The van der Waals surface area contributed by atoms with Crippen LogP contribution in [0.3, 0.4) is 0 Å². The van der Waals surface area contributed by atoms with E-state index in [1.54, 1.807) is 0 Å². The third-order valence-corrected chi connectivity index (χ3v) is 7.16. The van der Waals surface area contributed by atoms with Gasteiger partial charge in [-0.1, -0.05) is 106 Å². The summed E-state index contributed by atoms with van der Waals surface area (Å²) >= 11 is 0. The Hall–Kier alpha value is -3.32. The van der Waals surface area contributed by atoms with E-state index in [4.69, 9.17) is 0 Å². The van der Waals surface area contributed by atoms with Crippen molar-refractivity contribution in [1.29, 1.82) is 0 Å². The number of aryl methyl sites for hydroxylation is 1. The molecule has 166 valence electrons. The van der Waals surface area contributed by atoms with Gasteiger partial charge in [0.15, 0.2) is 0 Å². The van der Waals surface area contributed by atoms with Gasteiger partial charge in [-0.05, 0) is 59.7 Å². The standard InChI is InChI=1S/C32H33N/c1-6-23-20-21-27-26-17-10-12-18-28(26)32(4,5)30(27)31(23)33(22(2)3)29-19-13-11-16-25(29)24-14-8-7-9-15-24/h7-22H,6H2,1-5H3. The third kappa shape index (κ3) is 3.38. The van der Waals surface area contributed by atoms with Crippen molar-refractivity contribution in [1.82, 2.24) is 0 Å². The van der Waals surface area contributed by atoms with Gasteiger partial charge in [0.1, 0.15) is 0 Å². The summed E-state index contributed by atoms with van der Waals surface area (Å²) in [4.78, 5) is 2.59. The Morgan fingerprint density at radius 3 is 2.03 bits per heavy atom. The lowest BCUT2D eigenvalue weighted by atomic mass is 9.80. The second-order valence-corrected chi connectivity index (χ2v) is 9.87. The Bertz CT molecular complexity index is 1300. The second kappa shape index (κ2) is 8.23. The maximum atomic E-state index is 2.59. The molecule has 33 heavy (non-hydrogen) atoms. The van der Waals surface area contributed by atoms with Crippen LogP contribution >= 0.6 is 0 Å². The van der Waals surface area contributed by atoms with E-state index in [1.165, 1.54) is 50.3 Å². The highest BCUT2D eigenvalue weighted by atomic mass is 15.2. The molecule has 0 saturated heterocycles. The Morgan fingerprint density at radius 2 is 1.33 bits per heavy atom. The van der Waals surface area contributed by atoms with Crippen LogP contribution in [0.2, 0.25) is 0 Å². The van der Waals surface area contributed by atoms with Gasteiger partial charge in [-0.2, -0.15) is 0 Å². The summed E-state index contributed by atoms with van der Waals surface area (Å²) in [6.45, 7) is 11.7. The second-order valence-electron chi connectivity index (χ2n) is 9.87. The molecule has 5 rings (SSSR count). The fraction of sp³-hybridized carbons (Fsp3) is 0.250. The first-order valence-corrected chi connectivity index (χ1v) is 12.1. The molecule has 0 aromatic heterocycles. The molecule has 1 aliphatic carbocycles. The normalized spacial score (nSPS) is 13.6. The number of rotatable bonds is 5. The highest BCUT2D eigenvalue weighted by Crippen LogP contribution is 2.55. The van der Waals surface area contributed by atoms with Crippen molar-refractivity contribution in [2.75, 3.05) is 4.90 Å². The van der Waals surface area contributed by atoms with E-state index in [2.05, 4.69) is 131 Å². The van der Waals surface area contributed by atoms with Crippen molar-refractivity contribution < 1.29 is 0 Å². The quantitative estimate of drug-likeness (QED) is 0.305. The summed E-state index contributed by atoms with van der Waals surface area (Å²) in [7, 11) is 0. The van der Waals surface area contributed by atoms with E-state index in [9.17, 15) is 0 Å². The van der Waals surface area contributed by atoms with Gasteiger partial charge in [-0.3, -0.25) is 0 Å². The van der Waals surface area contributed by atoms with Gasteiger partial charge in [0.05, 0.1) is 0 Å². The zero-order valence-electron chi connectivity index (χ0n) is 20.4. The molecule has 1 nitrogen and oxygen atoms in total. The number of benzene rings is 4. The molecule has 0 aliphatic heterocycles. The van der Waals surface area contributed by atoms with Crippen molar-refractivity contribution in [2.24, 2.45) is 0 Å².